The molecule has 2 amide bonds. The molecule has 5 aromatic rings. The monoisotopic (exact) mass is 737 g/mol. The van der Waals surface area contributed by atoms with Crippen LogP contribution in [-0.4, -0.2) is 64.5 Å². The van der Waals surface area contributed by atoms with Gasteiger partial charge in [0.2, 0.25) is 5.88 Å². The number of piperazine rings is 1. The van der Waals surface area contributed by atoms with Crippen molar-refractivity contribution in [1.82, 2.24) is 19.4 Å². The van der Waals surface area contributed by atoms with Crippen molar-refractivity contribution in [2.24, 2.45) is 7.05 Å². The Morgan fingerprint density at radius 1 is 0.878 bits per heavy atom. The largest absolute Gasteiger partial charge is 0.497 e. The molecule has 0 radical (unpaired) electrons. The van der Waals surface area contributed by atoms with Crippen LogP contribution >= 0.6 is 17.0 Å². The van der Waals surface area contributed by atoms with Crippen LogP contribution in [0.3, 0.4) is 0 Å². The second-order valence-electron chi connectivity index (χ2n) is 11.6. The zero-order chi connectivity index (χ0) is 34.0. The van der Waals surface area contributed by atoms with E-state index >= 15 is 0 Å². The Bertz CT molecular complexity index is 1960. The van der Waals surface area contributed by atoms with E-state index in [0.29, 0.717) is 41.8 Å². The lowest BCUT2D eigenvalue weighted by molar-refractivity contribution is -0.137. The van der Waals surface area contributed by atoms with Crippen LogP contribution < -0.4 is 14.8 Å². The number of nitrogens with zero attached hydrogens (tertiary/aromatic N) is 4. The number of methoxy groups -OCH3 is 1. The Morgan fingerprint density at radius 2 is 1.55 bits per heavy atom. The van der Waals surface area contributed by atoms with E-state index in [4.69, 9.17) is 9.47 Å². The molecule has 1 aliphatic heterocycles. The molecule has 3 aromatic carbocycles. The molecule has 9 nitrogen and oxygen atoms in total. The molecule has 2 aromatic heterocycles. The molecule has 0 saturated carbocycles. The van der Waals surface area contributed by atoms with Crippen LogP contribution in [0, 0.1) is 6.92 Å². The average molecular weight is 739 g/mol. The molecule has 0 bridgehead atoms. The first-order valence-corrected chi connectivity index (χ1v) is 15.4. The standard InChI is InChI=1S/C36H34F3N5O4.BrH/c1-23-30(41-34(45)25-6-8-27(9-7-25)36(37,38)39)13-15-33(40-23)48-29-12-14-31-26(20-29)21-32(42(31)2)35(46)44-18-16-43(17-19-44)22-24-4-10-28(47-3)11-5-24;/h4-15,20-21H,16-19,22H2,1-3H3,(H,41,45);1H. The molecule has 0 atom stereocenters. The highest BCUT2D eigenvalue weighted by atomic mass is 79.9. The van der Waals surface area contributed by atoms with Crippen molar-refractivity contribution in [3.63, 3.8) is 0 Å². The van der Waals surface area contributed by atoms with E-state index in [1.807, 2.05) is 46.8 Å². The summed E-state index contributed by atoms with van der Waals surface area (Å²) >= 11 is 0. The van der Waals surface area contributed by atoms with Crippen LogP contribution in [0.4, 0.5) is 18.9 Å². The normalized spacial score (nSPS) is 13.6. The van der Waals surface area contributed by atoms with Gasteiger partial charge in [0.25, 0.3) is 11.8 Å². The van der Waals surface area contributed by atoms with Crippen molar-refractivity contribution in [3.8, 4) is 17.4 Å². The van der Waals surface area contributed by atoms with Gasteiger partial charge in [0.05, 0.1) is 24.1 Å². The molecule has 49 heavy (non-hydrogen) atoms. The van der Waals surface area contributed by atoms with Crippen LogP contribution in [0.15, 0.2) is 84.9 Å². The summed E-state index contributed by atoms with van der Waals surface area (Å²) in [6.07, 6.45) is -4.48. The van der Waals surface area contributed by atoms with Crippen molar-refractivity contribution < 1.29 is 32.2 Å². The molecule has 6 rings (SSSR count). The number of anilines is 1. The summed E-state index contributed by atoms with van der Waals surface area (Å²) in [5.41, 5.74) is 2.80. The number of aryl methyl sites for hydroxylation is 2. The number of halogens is 4. The summed E-state index contributed by atoms with van der Waals surface area (Å²) in [6, 6.07) is 22.6. The molecule has 1 saturated heterocycles. The lowest BCUT2D eigenvalue weighted by atomic mass is 10.1. The second kappa shape index (κ2) is 14.7. The zero-order valence-electron chi connectivity index (χ0n) is 27.1. The van der Waals surface area contributed by atoms with Gasteiger partial charge in [0, 0.05) is 62.3 Å². The number of carbonyl (C=O) groups excluding carboxylic acids is 2. The number of rotatable bonds is 8. The number of ether oxygens (including phenoxy) is 2. The minimum atomic E-state index is -4.48. The molecule has 0 aliphatic carbocycles. The molecule has 1 fully saturated rings. The number of hydrogen-bond acceptors (Lipinski definition) is 6. The van der Waals surface area contributed by atoms with Gasteiger partial charge in [-0.25, -0.2) is 4.98 Å². The lowest BCUT2D eigenvalue weighted by Crippen LogP contribution is -2.48. The molecular formula is C36H35BrF3N5O4. The molecular weight excluding hydrogens is 703 g/mol. The topological polar surface area (TPSA) is 88.9 Å². The van der Waals surface area contributed by atoms with Gasteiger partial charge in [-0.1, -0.05) is 12.1 Å². The number of carbonyl (C=O) groups is 2. The number of alkyl halides is 3. The van der Waals surface area contributed by atoms with Gasteiger partial charge in [0.1, 0.15) is 17.2 Å². The summed E-state index contributed by atoms with van der Waals surface area (Å²) in [7, 11) is 3.53. The van der Waals surface area contributed by atoms with Crippen LogP contribution in [0.1, 0.15) is 37.7 Å². The molecule has 0 spiro atoms. The maximum atomic E-state index is 13.5. The number of hydrogen-bond donors (Lipinski definition) is 1. The van der Waals surface area contributed by atoms with Crippen molar-refractivity contribution >= 4 is 45.4 Å². The van der Waals surface area contributed by atoms with Gasteiger partial charge in [-0.05, 0) is 79.2 Å². The number of pyridine rings is 1. The highest BCUT2D eigenvalue weighted by molar-refractivity contribution is 8.93. The summed E-state index contributed by atoms with van der Waals surface area (Å²) in [4.78, 5) is 34.8. The van der Waals surface area contributed by atoms with Crippen LogP contribution in [0.2, 0.25) is 0 Å². The smallest absolute Gasteiger partial charge is 0.416 e. The van der Waals surface area contributed by atoms with Gasteiger partial charge in [-0.2, -0.15) is 13.2 Å². The van der Waals surface area contributed by atoms with Crippen molar-refractivity contribution in [2.75, 3.05) is 38.6 Å². The molecule has 1 N–H and O–H groups in total. The Hall–Kier alpha value is -4.88. The molecule has 13 heteroatoms. The predicted octanol–water partition coefficient (Wildman–Crippen LogP) is 7.49. The van der Waals surface area contributed by atoms with Crippen molar-refractivity contribution in [3.05, 3.63) is 113 Å². The quantitative estimate of drug-likeness (QED) is 0.178. The van der Waals surface area contributed by atoms with Gasteiger partial charge in [0.15, 0.2) is 0 Å². The van der Waals surface area contributed by atoms with Crippen molar-refractivity contribution in [1.29, 1.82) is 0 Å². The third-order valence-electron chi connectivity index (χ3n) is 8.46. The van der Waals surface area contributed by atoms with E-state index in [-0.39, 0.29) is 28.5 Å². The first-order chi connectivity index (χ1) is 23.0. The number of benzene rings is 3. The fraction of sp³-hybridized carbons (Fsp3) is 0.250. The fourth-order valence-corrected chi connectivity index (χ4v) is 5.71. The number of nitrogens with one attached hydrogen (secondary N) is 1. The van der Waals surface area contributed by atoms with Crippen molar-refractivity contribution in [2.45, 2.75) is 19.6 Å². The SMILES string of the molecule is Br.COc1ccc(CN2CCN(C(=O)c3cc4cc(Oc5ccc(NC(=O)c6ccc(C(F)(F)F)cc6)c(C)n5)ccc4n3C)CC2)cc1. The zero-order valence-corrected chi connectivity index (χ0v) is 28.8. The number of fused-ring (bicyclic) bond motifs is 1. The van der Waals surface area contributed by atoms with E-state index in [0.717, 1.165) is 60.6 Å². The minimum Gasteiger partial charge on any atom is -0.497 e. The molecule has 256 valence electrons. The van der Waals surface area contributed by atoms with Crippen LogP contribution in [-0.2, 0) is 19.8 Å². The first kappa shape index (κ1) is 35.4. The van der Waals surface area contributed by atoms with Gasteiger partial charge >= 0.3 is 6.18 Å². The fourth-order valence-electron chi connectivity index (χ4n) is 5.71. The summed E-state index contributed by atoms with van der Waals surface area (Å²) in [5.74, 6) is 1.06. The first-order valence-electron chi connectivity index (χ1n) is 15.4. The number of amides is 2. The van der Waals surface area contributed by atoms with E-state index < -0.39 is 17.6 Å². The van der Waals surface area contributed by atoms with Gasteiger partial charge < -0.3 is 24.3 Å². The molecule has 1 aliphatic rings. The van der Waals surface area contributed by atoms with Gasteiger partial charge in [-0.15, -0.1) is 17.0 Å². The van der Waals surface area contributed by atoms with E-state index in [1.54, 1.807) is 32.2 Å². The third-order valence-corrected chi connectivity index (χ3v) is 8.46. The summed E-state index contributed by atoms with van der Waals surface area (Å²) in [6.45, 7) is 5.34. The highest BCUT2D eigenvalue weighted by Crippen LogP contribution is 2.31. The third kappa shape index (κ3) is 8.06. The maximum absolute atomic E-state index is 13.5. The predicted molar refractivity (Wildman–Crippen MR) is 186 cm³/mol. The Kier molecular flexibility index (Phi) is 10.6. The van der Waals surface area contributed by atoms with Gasteiger partial charge in [-0.3, -0.25) is 14.5 Å². The number of aromatic nitrogens is 2. The Balaban J connectivity index is 0.00000468. The van der Waals surface area contributed by atoms with E-state index in [9.17, 15) is 22.8 Å². The molecule has 3 heterocycles. The van der Waals surface area contributed by atoms with E-state index in [1.165, 1.54) is 5.56 Å². The highest BCUT2D eigenvalue weighted by Gasteiger charge is 2.30. The van der Waals surface area contributed by atoms with Crippen LogP contribution in [0.25, 0.3) is 10.9 Å². The average Bonchev–Trinajstić information content (AvgIpc) is 3.41. The van der Waals surface area contributed by atoms with E-state index in [2.05, 4.69) is 27.3 Å². The summed E-state index contributed by atoms with van der Waals surface area (Å²) < 4.78 is 51.7. The Labute approximate surface area is 292 Å². The summed E-state index contributed by atoms with van der Waals surface area (Å²) in [5, 5.41) is 3.52. The Morgan fingerprint density at radius 3 is 2.18 bits per heavy atom. The molecule has 0 unspecified atom stereocenters. The minimum absolute atomic E-state index is 0. The lowest BCUT2D eigenvalue weighted by Gasteiger charge is -2.34. The second-order valence-corrected chi connectivity index (χ2v) is 11.6. The van der Waals surface area contributed by atoms with Crippen LogP contribution in [0.5, 0.6) is 17.4 Å². The maximum Gasteiger partial charge on any atom is 0.416 e.